The Hall–Kier alpha value is -1.44. The van der Waals surface area contributed by atoms with E-state index >= 15 is 0 Å². The minimum absolute atomic E-state index is 0.00605. The number of hydrogen-bond donors (Lipinski definition) is 0. The molecule has 29 heavy (non-hydrogen) atoms. The standard InChI is InChI=1S/C22H31N3O3S/c1-29(27,28)24-14-19(15-24)22-20-5-3-2-4-17(20)8-11-25(22)21(26)12-18-13-23-9-6-16(18)7-10-23/h2-5,16,18-19,22H,6-15H2,1H3/t18-,22+/m1/s1. The molecule has 6 rings (SSSR count). The largest absolute Gasteiger partial charge is 0.335 e. The van der Waals surface area contributed by atoms with Crippen LogP contribution in [0.5, 0.6) is 0 Å². The van der Waals surface area contributed by atoms with Gasteiger partial charge in [-0.1, -0.05) is 24.3 Å². The molecule has 0 spiro atoms. The number of piperidine rings is 3. The van der Waals surface area contributed by atoms with Crippen LogP contribution in [0, 0.1) is 17.8 Å². The maximum Gasteiger partial charge on any atom is 0.223 e. The Balaban J connectivity index is 1.36. The molecule has 7 heteroatoms. The molecule has 1 aromatic carbocycles. The summed E-state index contributed by atoms with van der Waals surface area (Å²) < 4.78 is 25.3. The average molecular weight is 418 g/mol. The lowest BCUT2D eigenvalue weighted by Gasteiger charge is -2.49. The number of carbonyl (C=O) groups excluding carboxylic acids is 1. The fourth-order valence-corrected chi connectivity index (χ4v) is 6.91. The van der Waals surface area contributed by atoms with E-state index in [4.69, 9.17) is 0 Å². The van der Waals surface area contributed by atoms with E-state index in [0.29, 0.717) is 31.3 Å². The molecule has 1 amide bonds. The number of carbonyl (C=O) groups is 1. The van der Waals surface area contributed by atoms with Crippen molar-refractivity contribution in [1.29, 1.82) is 0 Å². The van der Waals surface area contributed by atoms with Crippen LogP contribution < -0.4 is 0 Å². The predicted octanol–water partition coefficient (Wildman–Crippen LogP) is 1.74. The van der Waals surface area contributed by atoms with Crippen molar-refractivity contribution in [3.8, 4) is 0 Å². The summed E-state index contributed by atoms with van der Waals surface area (Å²) in [5.74, 6) is 1.63. The third-order valence-corrected chi connectivity index (χ3v) is 8.91. The van der Waals surface area contributed by atoms with Crippen LogP contribution in [-0.2, 0) is 21.2 Å². The molecule has 5 aliphatic heterocycles. The molecular formula is C22H31N3O3S. The summed E-state index contributed by atoms with van der Waals surface area (Å²) in [6, 6.07) is 8.40. The topological polar surface area (TPSA) is 60.9 Å². The number of nitrogens with zero attached hydrogens (tertiary/aromatic N) is 3. The highest BCUT2D eigenvalue weighted by atomic mass is 32.2. The second-order valence-corrected chi connectivity index (χ2v) is 11.4. The summed E-state index contributed by atoms with van der Waals surface area (Å²) in [5.41, 5.74) is 2.53. The lowest BCUT2D eigenvalue weighted by molar-refractivity contribution is -0.139. The van der Waals surface area contributed by atoms with E-state index < -0.39 is 10.0 Å². The maximum atomic E-state index is 13.5. The zero-order valence-electron chi connectivity index (χ0n) is 17.2. The SMILES string of the molecule is CS(=O)(=O)N1CC([C@H]2c3ccccc3CCN2C(=O)C[C@@H]2CN3CCC2CC3)C1. The van der Waals surface area contributed by atoms with Gasteiger partial charge in [0, 0.05) is 38.5 Å². The smallest absolute Gasteiger partial charge is 0.223 e. The summed E-state index contributed by atoms with van der Waals surface area (Å²) >= 11 is 0. The predicted molar refractivity (Wildman–Crippen MR) is 112 cm³/mol. The van der Waals surface area contributed by atoms with E-state index in [2.05, 4.69) is 28.0 Å². The number of hydrogen-bond acceptors (Lipinski definition) is 4. The Labute approximate surface area is 173 Å². The van der Waals surface area contributed by atoms with Crippen molar-refractivity contribution in [3.63, 3.8) is 0 Å². The third kappa shape index (κ3) is 3.62. The van der Waals surface area contributed by atoms with Crippen LogP contribution >= 0.6 is 0 Å². The highest BCUT2D eigenvalue weighted by Crippen LogP contribution is 2.42. The van der Waals surface area contributed by atoms with Gasteiger partial charge in [0.05, 0.1) is 12.3 Å². The fourth-order valence-electron chi connectivity index (χ4n) is 5.99. The van der Waals surface area contributed by atoms with Crippen molar-refractivity contribution in [2.24, 2.45) is 17.8 Å². The molecule has 6 nitrogen and oxygen atoms in total. The van der Waals surface area contributed by atoms with Gasteiger partial charge in [-0.15, -0.1) is 0 Å². The molecular weight excluding hydrogens is 386 g/mol. The molecule has 0 N–H and O–H groups in total. The van der Waals surface area contributed by atoms with Crippen molar-refractivity contribution >= 4 is 15.9 Å². The van der Waals surface area contributed by atoms with Gasteiger partial charge in [-0.05, 0) is 55.3 Å². The molecule has 5 heterocycles. The Morgan fingerprint density at radius 2 is 1.76 bits per heavy atom. The number of sulfonamides is 1. The second kappa shape index (κ2) is 7.36. The van der Waals surface area contributed by atoms with Crippen molar-refractivity contribution < 1.29 is 13.2 Å². The molecule has 1 aromatic rings. The van der Waals surface area contributed by atoms with Crippen LogP contribution in [0.25, 0.3) is 0 Å². The van der Waals surface area contributed by atoms with Gasteiger partial charge in [-0.2, -0.15) is 0 Å². The first kappa shape index (κ1) is 19.5. The van der Waals surface area contributed by atoms with Gasteiger partial charge in [-0.25, -0.2) is 12.7 Å². The van der Waals surface area contributed by atoms with Crippen LogP contribution in [0.3, 0.4) is 0 Å². The first-order valence-electron chi connectivity index (χ1n) is 10.9. The maximum absolute atomic E-state index is 13.5. The van der Waals surface area contributed by atoms with Gasteiger partial charge in [0.25, 0.3) is 0 Å². The first-order valence-corrected chi connectivity index (χ1v) is 12.8. The minimum atomic E-state index is -3.16. The van der Waals surface area contributed by atoms with Gasteiger partial charge in [0.1, 0.15) is 0 Å². The lowest BCUT2D eigenvalue weighted by Crippen LogP contribution is -2.57. The van der Waals surface area contributed by atoms with E-state index in [1.54, 1.807) is 0 Å². The van der Waals surface area contributed by atoms with Crippen LogP contribution in [0.4, 0.5) is 0 Å². The van der Waals surface area contributed by atoms with Crippen molar-refractivity contribution in [2.75, 3.05) is 45.5 Å². The summed E-state index contributed by atoms with van der Waals surface area (Å²) in [6.45, 7) is 5.23. The average Bonchev–Trinajstić information content (AvgIpc) is 2.66. The highest BCUT2D eigenvalue weighted by Gasteiger charge is 2.45. The summed E-state index contributed by atoms with van der Waals surface area (Å²) in [6.07, 6.45) is 5.27. The molecule has 0 saturated carbocycles. The molecule has 158 valence electrons. The Morgan fingerprint density at radius 1 is 1.03 bits per heavy atom. The van der Waals surface area contributed by atoms with Gasteiger partial charge in [0.15, 0.2) is 0 Å². The minimum Gasteiger partial charge on any atom is -0.335 e. The number of amides is 1. The normalized spacial score (nSPS) is 32.7. The molecule has 0 radical (unpaired) electrons. The summed E-state index contributed by atoms with van der Waals surface area (Å²) in [5, 5.41) is 0. The summed E-state index contributed by atoms with van der Waals surface area (Å²) in [7, 11) is -3.16. The Morgan fingerprint density at radius 3 is 2.41 bits per heavy atom. The van der Waals surface area contributed by atoms with Crippen molar-refractivity contribution in [3.05, 3.63) is 35.4 Å². The van der Waals surface area contributed by atoms with Gasteiger partial charge < -0.3 is 9.80 Å². The molecule has 2 atom stereocenters. The zero-order chi connectivity index (χ0) is 20.2. The van der Waals surface area contributed by atoms with E-state index in [-0.39, 0.29) is 17.9 Å². The molecule has 0 aromatic heterocycles. The van der Waals surface area contributed by atoms with Crippen molar-refractivity contribution in [2.45, 2.75) is 31.7 Å². The number of rotatable bonds is 4. The number of benzene rings is 1. The van der Waals surface area contributed by atoms with Crippen LogP contribution in [-0.4, -0.2) is 74.0 Å². The summed E-state index contributed by atoms with van der Waals surface area (Å²) in [4.78, 5) is 18.1. The number of fused-ring (bicyclic) bond motifs is 4. The van der Waals surface area contributed by atoms with Crippen LogP contribution in [0.15, 0.2) is 24.3 Å². The highest BCUT2D eigenvalue weighted by molar-refractivity contribution is 7.88. The quantitative estimate of drug-likeness (QED) is 0.749. The molecule has 0 unspecified atom stereocenters. The van der Waals surface area contributed by atoms with E-state index in [1.807, 2.05) is 6.07 Å². The van der Waals surface area contributed by atoms with Gasteiger partial charge in [0.2, 0.25) is 15.9 Å². The Bertz CT molecular complexity index is 888. The second-order valence-electron chi connectivity index (χ2n) is 9.42. The fraction of sp³-hybridized carbons (Fsp3) is 0.682. The monoisotopic (exact) mass is 417 g/mol. The molecule has 4 saturated heterocycles. The molecule has 4 fully saturated rings. The van der Waals surface area contributed by atoms with E-state index in [1.165, 1.54) is 47.6 Å². The zero-order valence-corrected chi connectivity index (χ0v) is 18.0. The lowest BCUT2D eigenvalue weighted by atomic mass is 9.76. The molecule has 2 bridgehead atoms. The van der Waals surface area contributed by atoms with Gasteiger partial charge >= 0.3 is 0 Å². The van der Waals surface area contributed by atoms with Crippen molar-refractivity contribution in [1.82, 2.24) is 14.1 Å². The molecule has 0 aliphatic carbocycles. The first-order chi connectivity index (χ1) is 13.9. The van der Waals surface area contributed by atoms with Crippen LogP contribution in [0.1, 0.15) is 36.4 Å². The van der Waals surface area contributed by atoms with E-state index in [9.17, 15) is 13.2 Å². The van der Waals surface area contributed by atoms with E-state index in [0.717, 1.165) is 19.5 Å². The third-order valence-electron chi connectivity index (χ3n) is 7.67. The van der Waals surface area contributed by atoms with Gasteiger partial charge in [-0.3, -0.25) is 4.79 Å². The molecule has 5 aliphatic rings. The van der Waals surface area contributed by atoms with Crippen LogP contribution in [0.2, 0.25) is 0 Å². The Kier molecular flexibility index (Phi) is 4.95.